The van der Waals surface area contributed by atoms with Gasteiger partial charge in [0.05, 0.1) is 5.56 Å². The van der Waals surface area contributed by atoms with Crippen LogP contribution in [0.4, 0.5) is 11.6 Å². The third-order valence-electron chi connectivity index (χ3n) is 4.35. The maximum atomic E-state index is 12.2. The first-order valence-corrected chi connectivity index (χ1v) is 9.08. The van der Waals surface area contributed by atoms with Crippen molar-refractivity contribution in [3.63, 3.8) is 0 Å². The molecular weight excluding hydrogens is 360 g/mol. The largest absolute Gasteiger partial charge is 0.352 e. The summed E-state index contributed by atoms with van der Waals surface area (Å²) >= 11 is 5.96. The van der Waals surface area contributed by atoms with E-state index in [0.29, 0.717) is 29.5 Å². The molecule has 0 aliphatic carbocycles. The maximum Gasteiger partial charge on any atom is 0.254 e. The van der Waals surface area contributed by atoms with Crippen LogP contribution >= 0.6 is 11.6 Å². The highest BCUT2D eigenvalue weighted by Crippen LogP contribution is 2.20. The molecule has 0 atom stereocenters. The number of nitrogens with one attached hydrogen (secondary N) is 2. The molecule has 3 aromatic rings. The monoisotopic (exact) mass is 380 g/mol. The van der Waals surface area contributed by atoms with Crippen molar-refractivity contribution in [3.8, 4) is 0 Å². The molecule has 1 heterocycles. The van der Waals surface area contributed by atoms with Crippen LogP contribution in [0.3, 0.4) is 0 Å². The van der Waals surface area contributed by atoms with Crippen molar-refractivity contribution in [1.82, 2.24) is 15.3 Å². The van der Waals surface area contributed by atoms with E-state index >= 15 is 0 Å². The summed E-state index contributed by atoms with van der Waals surface area (Å²) in [5.74, 6) is 0.259. The van der Waals surface area contributed by atoms with E-state index in [2.05, 4.69) is 33.6 Å². The number of anilines is 2. The molecule has 3 rings (SSSR count). The van der Waals surface area contributed by atoms with Crippen molar-refractivity contribution in [2.45, 2.75) is 20.3 Å². The van der Waals surface area contributed by atoms with Crippen LogP contribution in [0.1, 0.15) is 27.0 Å². The molecule has 0 unspecified atom stereocenters. The van der Waals surface area contributed by atoms with E-state index in [9.17, 15) is 4.79 Å². The molecule has 6 heteroatoms. The minimum Gasteiger partial charge on any atom is -0.352 e. The smallest absolute Gasteiger partial charge is 0.254 e. The van der Waals surface area contributed by atoms with Gasteiger partial charge in [-0.1, -0.05) is 35.9 Å². The molecule has 2 aromatic carbocycles. The van der Waals surface area contributed by atoms with Crippen LogP contribution in [-0.2, 0) is 6.42 Å². The number of hydrogen-bond donors (Lipinski definition) is 2. The second kappa shape index (κ2) is 8.64. The topological polar surface area (TPSA) is 66.9 Å². The molecule has 138 valence electrons. The zero-order valence-electron chi connectivity index (χ0n) is 15.3. The van der Waals surface area contributed by atoms with E-state index in [-0.39, 0.29) is 5.91 Å². The molecule has 27 heavy (non-hydrogen) atoms. The summed E-state index contributed by atoms with van der Waals surface area (Å²) in [6.07, 6.45) is 3.75. The van der Waals surface area contributed by atoms with Crippen LogP contribution in [-0.4, -0.2) is 22.4 Å². The van der Waals surface area contributed by atoms with Crippen molar-refractivity contribution < 1.29 is 4.79 Å². The van der Waals surface area contributed by atoms with Crippen LogP contribution in [0, 0.1) is 13.8 Å². The molecule has 5 nitrogen and oxygen atoms in total. The molecule has 0 saturated carbocycles. The van der Waals surface area contributed by atoms with E-state index in [1.54, 1.807) is 0 Å². The predicted molar refractivity (Wildman–Crippen MR) is 109 cm³/mol. The summed E-state index contributed by atoms with van der Waals surface area (Å²) in [6.45, 7) is 4.61. The van der Waals surface area contributed by atoms with Gasteiger partial charge < -0.3 is 10.6 Å². The first-order valence-electron chi connectivity index (χ1n) is 8.71. The third kappa shape index (κ3) is 5.05. The fraction of sp³-hybridized carbons (Fsp3) is 0.190. The lowest BCUT2D eigenvalue weighted by Gasteiger charge is -2.10. The Labute approximate surface area is 163 Å². The molecule has 0 aliphatic rings. The number of carbonyl (C=O) groups excluding carboxylic acids is 1. The maximum absolute atomic E-state index is 12.2. The quantitative estimate of drug-likeness (QED) is 0.662. The van der Waals surface area contributed by atoms with Crippen molar-refractivity contribution in [2.24, 2.45) is 0 Å². The van der Waals surface area contributed by atoms with Crippen LogP contribution in [0.15, 0.2) is 54.9 Å². The van der Waals surface area contributed by atoms with Crippen molar-refractivity contribution in [1.29, 1.82) is 0 Å². The number of carbonyl (C=O) groups is 1. The Morgan fingerprint density at radius 2 is 1.81 bits per heavy atom. The summed E-state index contributed by atoms with van der Waals surface area (Å²) in [5.41, 5.74) is 4.79. The minimum atomic E-state index is -0.199. The van der Waals surface area contributed by atoms with Crippen LogP contribution in [0.25, 0.3) is 0 Å². The summed E-state index contributed by atoms with van der Waals surface area (Å²) in [4.78, 5) is 20.7. The number of aromatic nitrogens is 2. The molecule has 0 saturated heterocycles. The van der Waals surface area contributed by atoms with E-state index in [1.807, 2.05) is 43.3 Å². The summed E-state index contributed by atoms with van der Waals surface area (Å²) < 4.78 is 0. The van der Waals surface area contributed by atoms with Gasteiger partial charge in [-0.3, -0.25) is 4.79 Å². The molecule has 0 aliphatic heterocycles. The van der Waals surface area contributed by atoms with Gasteiger partial charge in [0.2, 0.25) is 5.95 Å². The van der Waals surface area contributed by atoms with Crippen molar-refractivity contribution in [2.75, 3.05) is 11.9 Å². The Kier molecular flexibility index (Phi) is 6.04. The lowest BCUT2D eigenvalue weighted by atomic mass is 10.1. The van der Waals surface area contributed by atoms with E-state index in [0.717, 1.165) is 16.8 Å². The van der Waals surface area contributed by atoms with Gasteiger partial charge in [0, 0.05) is 29.6 Å². The number of hydrogen-bond acceptors (Lipinski definition) is 4. The molecule has 0 radical (unpaired) electrons. The highest BCUT2D eigenvalue weighted by molar-refractivity contribution is 6.30. The fourth-order valence-electron chi connectivity index (χ4n) is 2.63. The Morgan fingerprint density at radius 1 is 1.07 bits per heavy atom. The van der Waals surface area contributed by atoms with Crippen molar-refractivity contribution >= 4 is 29.1 Å². The average molecular weight is 381 g/mol. The number of benzene rings is 2. The Balaban J connectivity index is 1.56. The van der Waals surface area contributed by atoms with Gasteiger partial charge in [0.25, 0.3) is 5.91 Å². The van der Waals surface area contributed by atoms with Crippen LogP contribution < -0.4 is 10.6 Å². The average Bonchev–Trinajstić information content (AvgIpc) is 2.66. The number of halogens is 1. The van der Waals surface area contributed by atoms with Gasteiger partial charge in [0.15, 0.2) is 0 Å². The summed E-state index contributed by atoms with van der Waals surface area (Å²) in [6, 6.07) is 13.6. The Morgan fingerprint density at radius 3 is 2.56 bits per heavy atom. The summed E-state index contributed by atoms with van der Waals surface area (Å²) in [5, 5.41) is 6.75. The molecule has 0 fully saturated rings. The minimum absolute atomic E-state index is 0.199. The van der Waals surface area contributed by atoms with E-state index in [1.165, 1.54) is 18.0 Å². The first-order chi connectivity index (χ1) is 13.0. The first kappa shape index (κ1) is 18.9. The molecule has 0 spiro atoms. The van der Waals surface area contributed by atoms with Gasteiger partial charge in [-0.2, -0.15) is 0 Å². The molecule has 2 N–H and O–H groups in total. The predicted octanol–water partition coefficient (Wildman–Crippen LogP) is 4.46. The van der Waals surface area contributed by atoms with Crippen LogP contribution in [0.2, 0.25) is 5.02 Å². The Bertz CT molecular complexity index is 941. The molecule has 1 aromatic heterocycles. The van der Waals surface area contributed by atoms with Gasteiger partial charge in [0.1, 0.15) is 0 Å². The van der Waals surface area contributed by atoms with Gasteiger partial charge in [-0.25, -0.2) is 9.97 Å². The number of rotatable bonds is 6. The Hall–Kier alpha value is -2.92. The number of nitrogens with zero attached hydrogens (tertiary/aromatic N) is 2. The highest BCUT2D eigenvalue weighted by atomic mass is 35.5. The van der Waals surface area contributed by atoms with E-state index < -0.39 is 0 Å². The number of amides is 1. The normalized spacial score (nSPS) is 10.5. The van der Waals surface area contributed by atoms with Crippen LogP contribution in [0.5, 0.6) is 0 Å². The van der Waals surface area contributed by atoms with Gasteiger partial charge >= 0.3 is 0 Å². The zero-order chi connectivity index (χ0) is 19.2. The lowest BCUT2D eigenvalue weighted by molar-refractivity contribution is 0.0953. The van der Waals surface area contributed by atoms with Crippen molar-refractivity contribution in [3.05, 3.63) is 82.1 Å². The molecule has 1 amide bonds. The third-order valence-corrected chi connectivity index (χ3v) is 4.59. The second-order valence-corrected chi connectivity index (χ2v) is 6.74. The molecular formula is C21H21ClN4O. The molecule has 0 bridgehead atoms. The highest BCUT2D eigenvalue weighted by Gasteiger charge is 2.08. The van der Waals surface area contributed by atoms with Gasteiger partial charge in [-0.05, 0) is 55.2 Å². The van der Waals surface area contributed by atoms with E-state index in [4.69, 9.17) is 11.6 Å². The fourth-order valence-corrected chi connectivity index (χ4v) is 2.84. The standard InChI is InChI=1S/C21H21ClN4O/c1-14-5-3-8-19(15(14)2)26-21-24-12-17(13-25-21)20(27)23-10-9-16-6-4-7-18(22)11-16/h3-8,11-13H,9-10H2,1-2H3,(H,23,27)(H,24,25,26). The second-order valence-electron chi connectivity index (χ2n) is 6.30. The number of aryl methyl sites for hydroxylation is 1. The SMILES string of the molecule is Cc1cccc(Nc2ncc(C(=O)NCCc3cccc(Cl)c3)cn2)c1C. The summed E-state index contributed by atoms with van der Waals surface area (Å²) in [7, 11) is 0. The lowest BCUT2D eigenvalue weighted by Crippen LogP contribution is -2.26. The zero-order valence-corrected chi connectivity index (χ0v) is 16.0. The van der Waals surface area contributed by atoms with Gasteiger partial charge in [-0.15, -0.1) is 0 Å².